The number of carbonyl (C=O) groups excluding carboxylic acids is 8. The van der Waals surface area contributed by atoms with Gasteiger partial charge in [0.1, 0.15) is 43.2 Å². The van der Waals surface area contributed by atoms with Crippen LogP contribution in [0.3, 0.4) is 0 Å². The highest BCUT2D eigenvalue weighted by atomic mass is 16.8. The van der Waals surface area contributed by atoms with Gasteiger partial charge < -0.3 is 73.3 Å². The molecule has 2 heterocycles. The first-order valence-corrected chi connectivity index (χ1v) is 31.3. The van der Waals surface area contributed by atoms with E-state index < -0.39 is 147 Å². The Morgan fingerprint density at radius 1 is 0.607 bits per heavy atom. The molecular formula is C61H106N2O21. The molecule has 2 amide bonds. The number of carbonyl (C=O) groups is 8. The topological polar surface area (TPSA) is 314 Å². The largest absolute Gasteiger partial charge is 0.465 e. The van der Waals surface area contributed by atoms with Crippen LogP contribution >= 0.6 is 0 Å². The van der Waals surface area contributed by atoms with Crippen molar-refractivity contribution in [3.05, 3.63) is 0 Å². The predicted molar refractivity (Wildman–Crippen MR) is 307 cm³/mol. The minimum atomic E-state index is -2.91. The molecular weight excluding hydrogens is 1100 g/mol. The Labute approximate surface area is 499 Å². The summed E-state index contributed by atoms with van der Waals surface area (Å²) in [7, 11) is 0.920. The van der Waals surface area contributed by atoms with Gasteiger partial charge >= 0.3 is 35.8 Å². The molecule has 0 aromatic heterocycles. The van der Waals surface area contributed by atoms with Crippen LogP contribution < -0.4 is 10.6 Å². The lowest BCUT2D eigenvalue weighted by Gasteiger charge is -2.51. The lowest BCUT2D eigenvalue weighted by Crippen LogP contribution is -2.71. The molecule has 23 heteroatoms. The Morgan fingerprint density at radius 3 is 1.56 bits per heavy atom. The molecule has 5 N–H and O–H groups in total. The number of aliphatic hydroxyl groups excluding tert-OH is 3. The summed E-state index contributed by atoms with van der Waals surface area (Å²) in [6.45, 7) is 7.25. The summed E-state index contributed by atoms with van der Waals surface area (Å²) in [5, 5.41) is 39.5. The van der Waals surface area contributed by atoms with E-state index in [0.29, 0.717) is 12.8 Å². The van der Waals surface area contributed by atoms with Gasteiger partial charge in [-0.3, -0.25) is 28.8 Å². The van der Waals surface area contributed by atoms with Crippen molar-refractivity contribution in [2.24, 2.45) is 0 Å². The molecule has 0 aromatic carbocycles. The van der Waals surface area contributed by atoms with Crippen LogP contribution in [0.1, 0.15) is 235 Å². The first-order valence-electron chi connectivity index (χ1n) is 31.3. The maximum Gasteiger partial charge on any atom is 0.366 e. The van der Waals surface area contributed by atoms with Gasteiger partial charge in [-0.25, -0.2) is 9.59 Å². The lowest BCUT2D eigenvalue weighted by atomic mass is 9.87. The maximum absolute atomic E-state index is 14.2. The monoisotopic (exact) mass is 1200 g/mol. The normalized spacial score (nSPS) is 23.3. The average molecular weight is 1200 g/mol. The predicted octanol–water partition coefficient (Wildman–Crippen LogP) is 7.34. The Hall–Kier alpha value is -4.52. The van der Waals surface area contributed by atoms with E-state index >= 15 is 0 Å². The van der Waals surface area contributed by atoms with Crippen molar-refractivity contribution in [2.75, 3.05) is 33.5 Å². The van der Waals surface area contributed by atoms with Gasteiger partial charge in [0, 0.05) is 41.0 Å². The molecule has 0 bridgehead atoms. The number of ether oxygens (including phenoxy) is 10. The second-order valence-corrected chi connectivity index (χ2v) is 22.4. The summed E-state index contributed by atoms with van der Waals surface area (Å²) in [6.07, 6.45) is 12.8. The SMILES string of the molecule is CCCCCCCCCCCCCCCCCC(=O)N[C@@H](CO[C@@H]1O[C@H](CO)[C@H](O)[C@H](O[C@]2(C(=O)OC)C[C@H](OC(C)=O)[C@@H](NC(C)=O)[C@H]([C@H](OC(C)=O)[C@@H](COC(C)=O)OC(C)=O)O2)[C@H]1O)C(=O)OCCCCCCCCCCCCCC. The molecule has 0 radical (unpaired) electrons. The Bertz CT molecular complexity index is 1910. The van der Waals surface area contributed by atoms with Crippen LogP contribution in [0.4, 0.5) is 0 Å². The quantitative estimate of drug-likeness (QED) is 0.0226. The standard InChI is InChI=1S/C61H106N2O21/c1-9-11-13-15-17-19-21-23-24-25-26-28-30-32-34-36-51(70)63-47(58(73)76-37-35-33-31-29-27-22-20-18-16-14-12-10-2)40-78-59-54(72)57(53(71)49(39-64)82-59)84-61(60(74)75-8)38-48(79-44(5)67)52(62-42(3)65)56(83-61)55(81-46(7)69)50(80-45(6)68)41-77-43(4)66/h47-50,52-57,59,64,71-72H,9-41H2,1-8H3,(H,62,65)(H,63,70)/t47-,48-,49+,50+,52+,53-,54+,55+,56+,57-,59+,61-/m0/s1. The van der Waals surface area contributed by atoms with Gasteiger partial charge in [0.25, 0.3) is 5.79 Å². The Morgan fingerprint density at radius 2 is 1.11 bits per heavy atom. The number of hydrogen-bond donors (Lipinski definition) is 5. The van der Waals surface area contributed by atoms with Crippen molar-refractivity contribution < 1.29 is 101 Å². The van der Waals surface area contributed by atoms with Gasteiger partial charge in [-0.2, -0.15) is 0 Å². The van der Waals surface area contributed by atoms with E-state index in [9.17, 15) is 53.7 Å². The number of unbranched alkanes of at least 4 members (excludes halogenated alkanes) is 25. The fourth-order valence-electron chi connectivity index (χ4n) is 10.6. The van der Waals surface area contributed by atoms with E-state index in [2.05, 4.69) is 24.5 Å². The van der Waals surface area contributed by atoms with Crippen molar-refractivity contribution >= 4 is 47.6 Å². The zero-order chi connectivity index (χ0) is 62.3. The van der Waals surface area contributed by atoms with E-state index in [1.165, 1.54) is 109 Å². The third-order valence-electron chi connectivity index (χ3n) is 14.9. The highest BCUT2D eigenvalue weighted by Crippen LogP contribution is 2.40. The molecule has 0 unspecified atom stereocenters. The summed E-state index contributed by atoms with van der Waals surface area (Å²) in [6, 6.07) is -2.99. The molecule has 0 spiro atoms. The van der Waals surface area contributed by atoms with Crippen molar-refractivity contribution in [1.82, 2.24) is 10.6 Å². The third-order valence-corrected chi connectivity index (χ3v) is 14.9. The summed E-state index contributed by atoms with van der Waals surface area (Å²) in [5.41, 5.74) is 0. The first kappa shape index (κ1) is 75.6. The fraction of sp³-hybridized carbons (Fsp3) is 0.869. The van der Waals surface area contributed by atoms with Gasteiger partial charge in [0.2, 0.25) is 11.8 Å². The number of nitrogens with one attached hydrogen (secondary N) is 2. The number of rotatable bonds is 46. The molecule has 0 aromatic rings. The molecule has 2 rings (SSSR count). The number of hydrogen-bond acceptors (Lipinski definition) is 21. The molecule has 0 saturated carbocycles. The van der Waals surface area contributed by atoms with Gasteiger partial charge in [0.05, 0.1) is 39.4 Å². The smallest absolute Gasteiger partial charge is 0.366 e. The van der Waals surface area contributed by atoms with Gasteiger partial charge in [0.15, 0.2) is 24.5 Å². The van der Waals surface area contributed by atoms with Crippen molar-refractivity contribution in [2.45, 2.75) is 308 Å². The van der Waals surface area contributed by atoms with Gasteiger partial charge in [-0.1, -0.05) is 174 Å². The molecule has 2 saturated heterocycles. The Balaban J connectivity index is 2.38. The van der Waals surface area contributed by atoms with Crippen LogP contribution in [0.15, 0.2) is 0 Å². The molecule has 12 atom stereocenters. The zero-order valence-corrected chi connectivity index (χ0v) is 51.9. The number of methoxy groups -OCH3 is 1. The zero-order valence-electron chi connectivity index (χ0n) is 51.9. The highest BCUT2D eigenvalue weighted by molar-refractivity contribution is 5.84. The molecule has 0 aliphatic carbocycles. The van der Waals surface area contributed by atoms with E-state index in [0.717, 1.165) is 93.1 Å². The average Bonchev–Trinajstić information content (AvgIpc) is 1.05. The second kappa shape index (κ2) is 44.0. The highest BCUT2D eigenvalue weighted by Gasteiger charge is 2.62. The maximum atomic E-state index is 14.2. The van der Waals surface area contributed by atoms with Crippen LogP contribution in [0.2, 0.25) is 0 Å². The fourth-order valence-corrected chi connectivity index (χ4v) is 10.6. The van der Waals surface area contributed by atoms with Gasteiger partial charge in [-0.05, 0) is 12.8 Å². The molecule has 84 heavy (non-hydrogen) atoms. The number of aliphatic hydroxyl groups is 3. The summed E-state index contributed by atoms with van der Waals surface area (Å²) in [5.74, 6) is -10.1. The van der Waals surface area contributed by atoms with Crippen LogP contribution in [0, 0.1) is 0 Å². The van der Waals surface area contributed by atoms with Crippen molar-refractivity contribution in [3.8, 4) is 0 Å². The van der Waals surface area contributed by atoms with Crippen molar-refractivity contribution in [3.63, 3.8) is 0 Å². The second-order valence-electron chi connectivity index (χ2n) is 22.4. The lowest BCUT2D eigenvalue weighted by molar-refractivity contribution is -0.370. The molecule has 2 aliphatic heterocycles. The van der Waals surface area contributed by atoms with Crippen LogP contribution in [0.25, 0.3) is 0 Å². The van der Waals surface area contributed by atoms with Gasteiger partial charge in [-0.15, -0.1) is 0 Å². The number of esters is 6. The molecule has 2 fully saturated rings. The van der Waals surface area contributed by atoms with E-state index in [4.69, 9.17) is 47.4 Å². The Kier molecular flexibility index (Phi) is 39.6. The van der Waals surface area contributed by atoms with Crippen molar-refractivity contribution in [1.29, 1.82) is 0 Å². The van der Waals surface area contributed by atoms with E-state index in [-0.39, 0.29) is 13.0 Å². The molecule has 23 nitrogen and oxygen atoms in total. The van der Waals surface area contributed by atoms with Crippen LogP contribution in [-0.4, -0.2) is 169 Å². The van der Waals surface area contributed by atoms with E-state index in [1.807, 2.05) is 0 Å². The minimum absolute atomic E-state index is 0.0658. The summed E-state index contributed by atoms with van der Waals surface area (Å²) < 4.78 is 57.0. The van der Waals surface area contributed by atoms with E-state index in [1.54, 1.807) is 0 Å². The minimum Gasteiger partial charge on any atom is -0.465 e. The molecule has 2 aliphatic rings. The summed E-state index contributed by atoms with van der Waals surface area (Å²) in [4.78, 5) is 104. The molecule has 486 valence electrons. The van der Waals surface area contributed by atoms with Crippen LogP contribution in [0.5, 0.6) is 0 Å². The third kappa shape index (κ3) is 30.2. The van der Waals surface area contributed by atoms with Crippen LogP contribution in [-0.2, 0) is 85.7 Å². The first-order chi connectivity index (χ1) is 40.2. The number of amides is 2. The summed E-state index contributed by atoms with van der Waals surface area (Å²) >= 11 is 0.